The summed E-state index contributed by atoms with van der Waals surface area (Å²) in [5.74, 6) is -1.43. The molecular formula is C19H16ClF3N2O7. The minimum atomic E-state index is -4.60. The first-order valence-corrected chi connectivity index (χ1v) is 9.02. The van der Waals surface area contributed by atoms with E-state index >= 15 is 0 Å². The molecule has 172 valence electrons. The average molecular weight is 477 g/mol. The van der Waals surface area contributed by atoms with Gasteiger partial charge in [0, 0.05) is 6.07 Å². The Morgan fingerprint density at radius 1 is 1.28 bits per heavy atom. The molecule has 0 saturated carbocycles. The van der Waals surface area contributed by atoms with E-state index in [-0.39, 0.29) is 27.8 Å². The van der Waals surface area contributed by atoms with Crippen molar-refractivity contribution >= 4 is 29.0 Å². The van der Waals surface area contributed by atoms with Crippen molar-refractivity contribution in [2.75, 3.05) is 7.11 Å². The first-order chi connectivity index (χ1) is 14.9. The molecule has 0 aromatic heterocycles. The van der Waals surface area contributed by atoms with E-state index in [1.807, 2.05) is 0 Å². The summed E-state index contributed by atoms with van der Waals surface area (Å²) in [7, 11) is 1.25. The molecule has 9 nitrogen and oxygen atoms in total. The van der Waals surface area contributed by atoms with Gasteiger partial charge in [0.15, 0.2) is 6.10 Å². The van der Waals surface area contributed by atoms with Crippen LogP contribution in [0.4, 0.5) is 18.9 Å². The van der Waals surface area contributed by atoms with Crippen molar-refractivity contribution in [2.24, 2.45) is 0 Å². The van der Waals surface area contributed by atoms with Crippen LogP contribution in [0, 0.1) is 10.1 Å². The van der Waals surface area contributed by atoms with Gasteiger partial charge in [-0.05, 0) is 37.3 Å². The Morgan fingerprint density at radius 3 is 2.50 bits per heavy atom. The summed E-state index contributed by atoms with van der Waals surface area (Å²) in [5, 5.41) is 20.0. The number of nitro benzene ring substituents is 1. The zero-order valence-electron chi connectivity index (χ0n) is 16.5. The molecule has 0 aliphatic heterocycles. The highest BCUT2D eigenvalue weighted by Crippen LogP contribution is 2.37. The van der Waals surface area contributed by atoms with E-state index in [0.29, 0.717) is 6.07 Å². The monoisotopic (exact) mass is 476 g/mol. The zero-order chi connectivity index (χ0) is 24.1. The number of hydrogen-bond acceptors (Lipinski definition) is 7. The van der Waals surface area contributed by atoms with Crippen LogP contribution in [0.25, 0.3) is 5.70 Å². The number of halogens is 4. The summed E-state index contributed by atoms with van der Waals surface area (Å²) >= 11 is 5.88. The number of ether oxygens (including phenoxy) is 2. The molecule has 1 atom stereocenters. The maximum Gasteiger partial charge on any atom is 0.416 e. The number of nitrogens with one attached hydrogen (secondary N) is 1. The van der Waals surface area contributed by atoms with Crippen molar-refractivity contribution in [2.45, 2.75) is 19.2 Å². The molecule has 13 heteroatoms. The third-order valence-corrected chi connectivity index (χ3v) is 4.17. The van der Waals surface area contributed by atoms with Gasteiger partial charge in [-0.3, -0.25) is 20.4 Å². The highest BCUT2D eigenvalue weighted by molar-refractivity contribution is 6.32. The maximum absolute atomic E-state index is 12.8. The van der Waals surface area contributed by atoms with Crippen molar-refractivity contribution in [3.63, 3.8) is 0 Å². The van der Waals surface area contributed by atoms with Crippen LogP contribution in [0.2, 0.25) is 5.02 Å². The fourth-order valence-corrected chi connectivity index (χ4v) is 2.52. The molecule has 0 aliphatic rings. The summed E-state index contributed by atoms with van der Waals surface area (Å²) in [6.07, 6.45) is -4.87. The van der Waals surface area contributed by atoms with Crippen LogP contribution in [0.15, 0.2) is 42.7 Å². The lowest BCUT2D eigenvalue weighted by Gasteiger charge is -2.15. The van der Waals surface area contributed by atoms with E-state index in [2.05, 4.69) is 5.48 Å². The van der Waals surface area contributed by atoms with Gasteiger partial charge in [0.1, 0.15) is 23.5 Å². The number of rotatable bonds is 9. The number of alkyl halides is 3. The van der Waals surface area contributed by atoms with Crippen LogP contribution >= 0.6 is 11.6 Å². The first-order valence-electron chi connectivity index (χ1n) is 8.65. The smallest absolute Gasteiger partial charge is 0.416 e. The van der Waals surface area contributed by atoms with Crippen LogP contribution in [0.5, 0.6) is 11.5 Å². The lowest BCUT2D eigenvalue weighted by atomic mass is 10.1. The first kappa shape index (κ1) is 24.8. The van der Waals surface area contributed by atoms with Gasteiger partial charge in [0.2, 0.25) is 0 Å². The van der Waals surface area contributed by atoms with Crippen LogP contribution < -0.4 is 10.2 Å². The molecule has 0 saturated heterocycles. The topological polar surface area (TPSA) is 120 Å². The molecule has 0 aliphatic carbocycles. The van der Waals surface area contributed by atoms with Gasteiger partial charge in [-0.25, -0.2) is 4.79 Å². The number of benzene rings is 2. The molecule has 0 spiro atoms. The Labute approximate surface area is 184 Å². The third kappa shape index (κ3) is 6.25. The molecule has 2 aromatic rings. The van der Waals surface area contributed by atoms with E-state index in [1.165, 1.54) is 26.2 Å². The predicted octanol–water partition coefficient (Wildman–Crippen LogP) is 5.00. The second-order valence-electron chi connectivity index (χ2n) is 6.15. The van der Waals surface area contributed by atoms with Crippen molar-refractivity contribution < 1.29 is 42.3 Å². The van der Waals surface area contributed by atoms with Gasteiger partial charge in [-0.15, -0.1) is 0 Å². The maximum atomic E-state index is 12.8. The molecule has 0 radical (unpaired) electrons. The molecular weight excluding hydrogens is 461 g/mol. The SMILES string of the molecule is COC=C(NOC(C)C(=O)O)c1cc(Oc2ccc(C(F)(F)F)cc2Cl)ccc1[N+](=O)[O-]. The number of carboxylic acids is 1. The Morgan fingerprint density at radius 2 is 1.97 bits per heavy atom. The quantitative estimate of drug-likeness (QED) is 0.295. The largest absolute Gasteiger partial charge is 0.502 e. The van der Waals surface area contributed by atoms with E-state index in [0.717, 1.165) is 24.5 Å². The molecule has 0 fully saturated rings. The van der Waals surface area contributed by atoms with Gasteiger partial charge in [-0.2, -0.15) is 13.2 Å². The lowest BCUT2D eigenvalue weighted by molar-refractivity contribution is -0.385. The second kappa shape index (κ2) is 10.2. The summed E-state index contributed by atoms with van der Waals surface area (Å²) < 4.78 is 48.8. The summed E-state index contributed by atoms with van der Waals surface area (Å²) in [5.41, 5.74) is 0.662. The van der Waals surface area contributed by atoms with Gasteiger partial charge in [0.05, 0.1) is 28.2 Å². The fraction of sp³-hybridized carbons (Fsp3) is 0.211. The van der Waals surface area contributed by atoms with Gasteiger partial charge >= 0.3 is 12.1 Å². The van der Waals surface area contributed by atoms with Gasteiger partial charge < -0.3 is 14.6 Å². The number of carboxylic acid groups (broad SMARTS) is 1. The number of nitrogens with zero attached hydrogens (tertiary/aromatic N) is 1. The number of methoxy groups -OCH3 is 1. The molecule has 0 heterocycles. The number of hydrogen-bond donors (Lipinski definition) is 2. The Balaban J connectivity index is 2.41. The van der Waals surface area contributed by atoms with Crippen molar-refractivity contribution in [3.8, 4) is 11.5 Å². The van der Waals surface area contributed by atoms with Gasteiger partial charge in [-0.1, -0.05) is 11.6 Å². The fourth-order valence-electron chi connectivity index (χ4n) is 2.30. The minimum Gasteiger partial charge on any atom is -0.502 e. The van der Waals surface area contributed by atoms with Crippen molar-refractivity contribution in [3.05, 3.63) is 68.9 Å². The molecule has 0 amide bonds. The zero-order valence-corrected chi connectivity index (χ0v) is 17.2. The Kier molecular flexibility index (Phi) is 7.89. The predicted molar refractivity (Wildman–Crippen MR) is 106 cm³/mol. The van der Waals surface area contributed by atoms with E-state index in [1.54, 1.807) is 0 Å². The normalized spacial score (nSPS) is 12.8. The van der Waals surface area contributed by atoms with E-state index in [9.17, 15) is 28.1 Å². The van der Waals surface area contributed by atoms with Crippen LogP contribution in [-0.4, -0.2) is 29.2 Å². The summed E-state index contributed by atoms with van der Waals surface area (Å²) in [4.78, 5) is 26.6. The van der Waals surface area contributed by atoms with Crippen molar-refractivity contribution in [1.29, 1.82) is 0 Å². The number of aliphatic carboxylic acids is 1. The molecule has 2 N–H and O–H groups in total. The molecule has 0 bridgehead atoms. The van der Waals surface area contributed by atoms with E-state index < -0.39 is 34.4 Å². The minimum absolute atomic E-state index is 0.0117. The van der Waals surface area contributed by atoms with Crippen molar-refractivity contribution in [1.82, 2.24) is 5.48 Å². The lowest BCUT2D eigenvalue weighted by Crippen LogP contribution is -2.27. The third-order valence-electron chi connectivity index (χ3n) is 3.87. The van der Waals surface area contributed by atoms with Crippen LogP contribution in [-0.2, 0) is 20.5 Å². The average Bonchev–Trinajstić information content (AvgIpc) is 2.71. The molecule has 1 unspecified atom stereocenters. The summed E-state index contributed by atoms with van der Waals surface area (Å²) in [6.45, 7) is 1.22. The van der Waals surface area contributed by atoms with Crippen LogP contribution in [0.3, 0.4) is 0 Å². The number of nitro groups is 1. The second-order valence-corrected chi connectivity index (χ2v) is 6.56. The number of hydroxylamine groups is 1. The Bertz CT molecular complexity index is 1040. The number of carbonyl (C=O) groups is 1. The van der Waals surface area contributed by atoms with E-state index in [4.69, 9.17) is 31.0 Å². The summed E-state index contributed by atoms with van der Waals surface area (Å²) in [6, 6.07) is 5.93. The Hall–Kier alpha value is -3.51. The molecule has 2 rings (SSSR count). The molecule has 32 heavy (non-hydrogen) atoms. The molecule has 2 aromatic carbocycles. The highest BCUT2D eigenvalue weighted by atomic mass is 35.5. The van der Waals surface area contributed by atoms with Crippen LogP contribution in [0.1, 0.15) is 18.1 Å². The highest BCUT2D eigenvalue weighted by Gasteiger charge is 2.31. The standard InChI is InChI=1S/C19H16ClF3N2O7/c1-10(18(26)27)32-24-15(9-30-2)13-8-12(4-5-16(13)25(28)29)31-17-6-3-11(7-14(17)20)19(21,22)23/h3-10,24H,1-2H3,(H,26,27). The van der Waals surface area contributed by atoms with Gasteiger partial charge in [0.25, 0.3) is 5.69 Å².